The average molecular weight is 575 g/mol. The monoisotopic (exact) mass is 574 g/mol. The van der Waals surface area contributed by atoms with Crippen LogP contribution in [0.5, 0.6) is 11.6 Å². The van der Waals surface area contributed by atoms with Crippen molar-refractivity contribution in [2.24, 2.45) is 4.99 Å². The van der Waals surface area contributed by atoms with E-state index in [0.29, 0.717) is 23.9 Å². The Hall–Kier alpha value is -1.75. The third-order valence-electron chi connectivity index (χ3n) is 5.24. The van der Waals surface area contributed by atoms with Crippen LogP contribution < -0.4 is 15.4 Å². The van der Waals surface area contributed by atoms with E-state index >= 15 is 0 Å². The highest BCUT2D eigenvalue weighted by Gasteiger charge is 2.26. The standard InChI is InChI=1S/C23H31FN4O2S.HI/c1-3-25-23(28-19-10-6-12-21(15-19)31(29)4-2)27-16-17-8-7-13-26-22(17)30-20-11-5-9-18(24)14-20;/h5,7-9,11,13-14,19,21H,3-4,6,10,12,15-16H2,1-2H3,(H2,25,27,28);1H. The lowest BCUT2D eigenvalue weighted by Gasteiger charge is -2.30. The van der Waals surface area contributed by atoms with Gasteiger partial charge in [-0.3, -0.25) is 4.21 Å². The van der Waals surface area contributed by atoms with E-state index in [9.17, 15) is 8.60 Å². The summed E-state index contributed by atoms with van der Waals surface area (Å²) >= 11 is 0. The van der Waals surface area contributed by atoms with E-state index in [-0.39, 0.29) is 41.1 Å². The fourth-order valence-corrected chi connectivity index (χ4v) is 5.05. The first-order valence-corrected chi connectivity index (χ1v) is 12.3. The van der Waals surface area contributed by atoms with Gasteiger partial charge in [0.1, 0.15) is 11.6 Å². The number of benzene rings is 1. The number of guanidine groups is 1. The Morgan fingerprint density at radius 2 is 2.12 bits per heavy atom. The highest BCUT2D eigenvalue weighted by molar-refractivity contribution is 14.0. The van der Waals surface area contributed by atoms with Gasteiger partial charge in [-0.1, -0.05) is 25.5 Å². The van der Waals surface area contributed by atoms with Gasteiger partial charge in [-0.2, -0.15) is 0 Å². The van der Waals surface area contributed by atoms with Crippen molar-refractivity contribution in [1.29, 1.82) is 0 Å². The second-order valence-electron chi connectivity index (χ2n) is 7.52. The Morgan fingerprint density at radius 3 is 2.88 bits per heavy atom. The second-order valence-corrected chi connectivity index (χ2v) is 9.53. The number of aromatic nitrogens is 1. The molecule has 0 aliphatic heterocycles. The van der Waals surface area contributed by atoms with Crippen molar-refractivity contribution in [2.45, 2.75) is 57.4 Å². The molecular formula is C23H32FIN4O2S. The third kappa shape index (κ3) is 7.99. The summed E-state index contributed by atoms with van der Waals surface area (Å²) in [5.41, 5.74) is 0.803. The van der Waals surface area contributed by atoms with Crippen LogP contribution >= 0.6 is 24.0 Å². The fraction of sp³-hybridized carbons (Fsp3) is 0.478. The summed E-state index contributed by atoms with van der Waals surface area (Å²) < 4.78 is 31.5. The van der Waals surface area contributed by atoms with Crippen LogP contribution in [-0.2, 0) is 17.3 Å². The molecule has 3 rings (SSSR count). The molecule has 1 aliphatic carbocycles. The minimum atomic E-state index is -0.762. The Balaban J connectivity index is 0.00000363. The van der Waals surface area contributed by atoms with Crippen LogP contribution in [-0.4, -0.2) is 38.7 Å². The number of ether oxygens (including phenoxy) is 1. The maximum atomic E-state index is 13.5. The van der Waals surface area contributed by atoms with Gasteiger partial charge in [-0.05, 0) is 44.4 Å². The quantitative estimate of drug-likeness (QED) is 0.270. The molecule has 2 N–H and O–H groups in total. The molecule has 1 fully saturated rings. The SMILES string of the molecule is CCNC(=NCc1cccnc1Oc1cccc(F)c1)NC1CCCC(S(=O)CC)C1.I. The summed E-state index contributed by atoms with van der Waals surface area (Å²) in [6.45, 7) is 5.11. The van der Waals surface area contributed by atoms with Crippen LogP contribution in [0.1, 0.15) is 45.1 Å². The molecule has 1 aromatic heterocycles. The smallest absolute Gasteiger partial charge is 0.224 e. The summed E-state index contributed by atoms with van der Waals surface area (Å²) in [6, 6.07) is 9.97. The third-order valence-corrected chi connectivity index (χ3v) is 6.98. The lowest BCUT2D eigenvalue weighted by molar-refractivity contribution is 0.413. The van der Waals surface area contributed by atoms with Gasteiger partial charge in [0.2, 0.25) is 5.88 Å². The molecule has 6 nitrogen and oxygen atoms in total. The minimum Gasteiger partial charge on any atom is -0.439 e. The van der Waals surface area contributed by atoms with Gasteiger partial charge in [0.25, 0.3) is 0 Å². The minimum absolute atomic E-state index is 0. The van der Waals surface area contributed by atoms with E-state index in [2.05, 4.69) is 15.6 Å². The molecule has 9 heteroatoms. The van der Waals surface area contributed by atoms with Crippen molar-refractivity contribution in [3.63, 3.8) is 0 Å². The van der Waals surface area contributed by atoms with Crippen molar-refractivity contribution in [2.75, 3.05) is 12.3 Å². The first kappa shape index (κ1) is 26.5. The van der Waals surface area contributed by atoms with E-state index < -0.39 is 10.8 Å². The molecule has 2 aromatic rings. The van der Waals surface area contributed by atoms with Crippen molar-refractivity contribution in [3.8, 4) is 11.6 Å². The number of hydrogen-bond donors (Lipinski definition) is 2. The first-order chi connectivity index (χ1) is 15.1. The number of hydrogen-bond acceptors (Lipinski definition) is 4. The second kappa shape index (κ2) is 13.7. The van der Waals surface area contributed by atoms with E-state index in [0.717, 1.165) is 43.8 Å². The van der Waals surface area contributed by atoms with E-state index in [1.54, 1.807) is 18.3 Å². The number of nitrogens with one attached hydrogen (secondary N) is 2. The van der Waals surface area contributed by atoms with Crippen LogP contribution in [0.3, 0.4) is 0 Å². The molecule has 176 valence electrons. The Labute approximate surface area is 209 Å². The Bertz CT molecular complexity index is 915. The summed E-state index contributed by atoms with van der Waals surface area (Å²) in [5.74, 6) is 1.87. The molecule has 32 heavy (non-hydrogen) atoms. The topological polar surface area (TPSA) is 75.6 Å². The molecule has 0 spiro atoms. The highest BCUT2D eigenvalue weighted by Crippen LogP contribution is 2.25. The van der Waals surface area contributed by atoms with Gasteiger partial charge in [0.15, 0.2) is 5.96 Å². The molecule has 3 atom stereocenters. The van der Waals surface area contributed by atoms with Crippen molar-refractivity contribution < 1.29 is 13.3 Å². The number of rotatable bonds is 8. The van der Waals surface area contributed by atoms with Crippen LogP contribution in [0.15, 0.2) is 47.6 Å². The van der Waals surface area contributed by atoms with Gasteiger partial charge in [-0.15, -0.1) is 24.0 Å². The van der Waals surface area contributed by atoms with Crippen LogP contribution in [0, 0.1) is 5.82 Å². The van der Waals surface area contributed by atoms with Crippen LogP contribution in [0.25, 0.3) is 0 Å². The zero-order valence-electron chi connectivity index (χ0n) is 18.6. The predicted octanol–water partition coefficient (Wildman–Crippen LogP) is 4.77. The number of halogens is 2. The van der Waals surface area contributed by atoms with Crippen molar-refractivity contribution in [1.82, 2.24) is 15.6 Å². The lowest BCUT2D eigenvalue weighted by atomic mass is 9.95. The Morgan fingerprint density at radius 1 is 1.28 bits per heavy atom. The zero-order valence-corrected chi connectivity index (χ0v) is 21.7. The van der Waals surface area contributed by atoms with Crippen molar-refractivity contribution in [3.05, 3.63) is 54.0 Å². The van der Waals surface area contributed by atoms with Gasteiger partial charge in [0, 0.05) is 52.2 Å². The number of nitrogens with zero attached hydrogens (tertiary/aromatic N) is 2. The number of pyridine rings is 1. The van der Waals surface area contributed by atoms with Crippen molar-refractivity contribution >= 4 is 40.7 Å². The summed E-state index contributed by atoms with van der Waals surface area (Å²) in [5, 5.41) is 7.05. The number of aliphatic imine (C=N–C) groups is 1. The summed E-state index contributed by atoms with van der Waals surface area (Å²) in [6.07, 6.45) is 5.68. The maximum absolute atomic E-state index is 13.5. The molecule has 1 aromatic carbocycles. The summed E-state index contributed by atoms with van der Waals surface area (Å²) in [7, 11) is -0.762. The predicted molar refractivity (Wildman–Crippen MR) is 139 cm³/mol. The molecule has 1 heterocycles. The van der Waals surface area contributed by atoms with E-state index in [1.165, 1.54) is 12.1 Å². The fourth-order valence-electron chi connectivity index (χ4n) is 3.71. The molecule has 1 aliphatic rings. The van der Waals surface area contributed by atoms with Crippen LogP contribution in [0.2, 0.25) is 0 Å². The van der Waals surface area contributed by atoms with E-state index in [1.807, 2.05) is 26.0 Å². The van der Waals surface area contributed by atoms with Crippen LogP contribution in [0.4, 0.5) is 4.39 Å². The first-order valence-electron chi connectivity index (χ1n) is 10.9. The molecule has 0 radical (unpaired) electrons. The molecule has 0 amide bonds. The molecule has 0 saturated heterocycles. The molecule has 3 unspecified atom stereocenters. The van der Waals surface area contributed by atoms with Gasteiger partial charge in [-0.25, -0.2) is 14.4 Å². The molecular weight excluding hydrogens is 542 g/mol. The maximum Gasteiger partial charge on any atom is 0.224 e. The normalized spacial score (nSPS) is 19.5. The summed E-state index contributed by atoms with van der Waals surface area (Å²) in [4.78, 5) is 9.01. The van der Waals surface area contributed by atoms with Gasteiger partial charge >= 0.3 is 0 Å². The lowest BCUT2D eigenvalue weighted by Crippen LogP contribution is -2.46. The van der Waals surface area contributed by atoms with Gasteiger partial charge in [0.05, 0.1) is 6.54 Å². The van der Waals surface area contributed by atoms with Gasteiger partial charge < -0.3 is 15.4 Å². The Kier molecular flexibility index (Phi) is 11.4. The zero-order chi connectivity index (χ0) is 22.1. The molecule has 0 bridgehead atoms. The average Bonchev–Trinajstić information content (AvgIpc) is 2.78. The highest BCUT2D eigenvalue weighted by atomic mass is 127. The molecule has 1 saturated carbocycles. The largest absolute Gasteiger partial charge is 0.439 e. The van der Waals surface area contributed by atoms with E-state index in [4.69, 9.17) is 9.73 Å².